The molecule has 0 aliphatic carbocycles. The Labute approximate surface area is 128 Å². The van der Waals surface area contributed by atoms with Crippen molar-refractivity contribution in [3.8, 4) is 0 Å². The number of benzene rings is 2. The first-order valence-electron chi connectivity index (χ1n) is 5.75. The summed E-state index contributed by atoms with van der Waals surface area (Å²) in [6, 6.07) is 13.9. The van der Waals surface area contributed by atoms with Crippen LogP contribution in [0.25, 0.3) is 10.2 Å². The van der Waals surface area contributed by atoms with Gasteiger partial charge >= 0.3 is 0 Å². The van der Waals surface area contributed by atoms with Crippen LogP contribution in [-0.4, -0.2) is 4.98 Å². The highest BCUT2D eigenvalue weighted by molar-refractivity contribution is 9.10. The maximum atomic E-state index is 5.96. The van der Waals surface area contributed by atoms with Gasteiger partial charge in [-0.15, -0.1) is 0 Å². The first kappa shape index (κ1) is 12.9. The fourth-order valence-electron chi connectivity index (χ4n) is 1.80. The predicted octanol–water partition coefficient (Wildman–Crippen LogP) is 5.32. The van der Waals surface area contributed by atoms with E-state index in [-0.39, 0.29) is 0 Å². The zero-order chi connectivity index (χ0) is 13.2. The molecular weight excluding hydrogens is 344 g/mol. The number of aromatic nitrogens is 1. The molecule has 2 aromatic carbocycles. The molecule has 1 N–H and O–H groups in total. The smallest absolute Gasteiger partial charge is 0.184 e. The summed E-state index contributed by atoms with van der Waals surface area (Å²) >= 11 is 11.1. The van der Waals surface area contributed by atoms with E-state index in [0.717, 1.165) is 32.3 Å². The molecule has 5 heteroatoms. The number of fused-ring (bicyclic) bond motifs is 1. The lowest BCUT2D eigenvalue weighted by Gasteiger charge is -2.02. The van der Waals surface area contributed by atoms with Crippen LogP contribution in [0.4, 0.5) is 5.13 Å². The second-order valence-corrected chi connectivity index (χ2v) is 6.50. The Bertz CT molecular complexity index is 726. The van der Waals surface area contributed by atoms with Crippen molar-refractivity contribution in [1.82, 2.24) is 4.98 Å². The van der Waals surface area contributed by atoms with Gasteiger partial charge in [0.05, 0.1) is 10.2 Å². The van der Waals surface area contributed by atoms with Gasteiger partial charge < -0.3 is 5.32 Å². The van der Waals surface area contributed by atoms with E-state index in [9.17, 15) is 0 Å². The zero-order valence-electron chi connectivity index (χ0n) is 9.86. The largest absolute Gasteiger partial charge is 0.357 e. The molecule has 96 valence electrons. The Morgan fingerprint density at radius 2 is 2.11 bits per heavy atom. The van der Waals surface area contributed by atoms with Crippen molar-refractivity contribution < 1.29 is 0 Å². The van der Waals surface area contributed by atoms with Crippen molar-refractivity contribution in [2.24, 2.45) is 0 Å². The van der Waals surface area contributed by atoms with Crippen LogP contribution in [0.5, 0.6) is 0 Å². The molecule has 0 aliphatic rings. The quantitative estimate of drug-likeness (QED) is 0.689. The minimum absolute atomic E-state index is 0.724. The zero-order valence-corrected chi connectivity index (χ0v) is 13.0. The van der Waals surface area contributed by atoms with Gasteiger partial charge in [0.1, 0.15) is 0 Å². The highest BCUT2D eigenvalue weighted by atomic mass is 79.9. The van der Waals surface area contributed by atoms with E-state index in [2.05, 4.69) is 32.3 Å². The summed E-state index contributed by atoms with van der Waals surface area (Å²) in [4.78, 5) is 4.54. The molecule has 0 aliphatic heterocycles. The molecule has 1 aromatic heterocycles. The van der Waals surface area contributed by atoms with Gasteiger partial charge in [0.25, 0.3) is 0 Å². The van der Waals surface area contributed by atoms with Gasteiger partial charge in [-0.2, -0.15) is 0 Å². The van der Waals surface area contributed by atoms with Gasteiger partial charge in [-0.05, 0) is 35.9 Å². The van der Waals surface area contributed by atoms with Gasteiger partial charge in [0.2, 0.25) is 0 Å². The number of rotatable bonds is 3. The van der Waals surface area contributed by atoms with Crippen LogP contribution in [0.3, 0.4) is 0 Å². The lowest BCUT2D eigenvalue weighted by molar-refractivity contribution is 1.14. The Kier molecular flexibility index (Phi) is 3.73. The number of halogens is 2. The summed E-state index contributed by atoms with van der Waals surface area (Å²) < 4.78 is 2.24. The fraction of sp³-hybridized carbons (Fsp3) is 0.0714. The Hall–Kier alpha value is -1.10. The van der Waals surface area contributed by atoms with E-state index < -0.39 is 0 Å². The highest BCUT2D eigenvalue weighted by Gasteiger charge is 2.04. The number of hydrogen-bond acceptors (Lipinski definition) is 3. The average molecular weight is 354 g/mol. The fourth-order valence-corrected chi connectivity index (χ4v) is 3.42. The molecule has 0 saturated carbocycles. The lowest BCUT2D eigenvalue weighted by Crippen LogP contribution is -1.98. The van der Waals surface area contributed by atoms with Crippen molar-refractivity contribution in [2.45, 2.75) is 6.54 Å². The van der Waals surface area contributed by atoms with Crippen molar-refractivity contribution in [2.75, 3.05) is 5.32 Å². The Balaban J connectivity index is 1.78. The van der Waals surface area contributed by atoms with Gasteiger partial charge in [0, 0.05) is 16.0 Å². The summed E-state index contributed by atoms with van der Waals surface area (Å²) in [5.74, 6) is 0. The maximum absolute atomic E-state index is 5.96. The molecular formula is C14H10BrClN2S. The van der Waals surface area contributed by atoms with Gasteiger partial charge in [-0.1, -0.05) is 51.0 Å². The van der Waals surface area contributed by atoms with Crippen LogP contribution in [0.2, 0.25) is 5.02 Å². The van der Waals surface area contributed by atoms with E-state index in [0.29, 0.717) is 0 Å². The second-order valence-electron chi connectivity index (χ2n) is 4.11. The van der Waals surface area contributed by atoms with Crippen molar-refractivity contribution in [1.29, 1.82) is 0 Å². The highest BCUT2D eigenvalue weighted by Crippen LogP contribution is 2.28. The molecule has 0 fully saturated rings. The average Bonchev–Trinajstić information content (AvgIpc) is 2.78. The Morgan fingerprint density at radius 1 is 1.21 bits per heavy atom. The predicted molar refractivity (Wildman–Crippen MR) is 86.1 cm³/mol. The molecule has 2 nitrogen and oxygen atoms in total. The van der Waals surface area contributed by atoms with Crippen LogP contribution >= 0.6 is 38.9 Å². The molecule has 3 aromatic rings. The molecule has 0 amide bonds. The standard InChI is InChI=1S/C14H10BrClN2S/c15-10-4-5-12-13(7-10)19-14(18-12)17-8-9-2-1-3-11(16)6-9/h1-7H,8H2,(H,17,18). The minimum atomic E-state index is 0.724. The molecule has 0 radical (unpaired) electrons. The van der Waals surface area contributed by atoms with E-state index in [1.807, 2.05) is 36.4 Å². The Morgan fingerprint density at radius 3 is 2.95 bits per heavy atom. The number of hydrogen-bond donors (Lipinski definition) is 1. The molecule has 0 unspecified atom stereocenters. The van der Waals surface area contributed by atoms with Crippen molar-refractivity contribution >= 4 is 54.2 Å². The third-order valence-electron chi connectivity index (χ3n) is 2.68. The first-order valence-corrected chi connectivity index (χ1v) is 7.74. The monoisotopic (exact) mass is 352 g/mol. The molecule has 3 rings (SSSR count). The van der Waals surface area contributed by atoms with Gasteiger partial charge in [0.15, 0.2) is 5.13 Å². The van der Waals surface area contributed by atoms with Crippen molar-refractivity contribution in [3.63, 3.8) is 0 Å². The van der Waals surface area contributed by atoms with Crippen LogP contribution < -0.4 is 5.32 Å². The summed E-state index contributed by atoms with van der Waals surface area (Å²) in [7, 11) is 0. The number of thiazole rings is 1. The summed E-state index contributed by atoms with van der Waals surface area (Å²) in [6.45, 7) is 0.724. The molecule has 0 saturated heterocycles. The second kappa shape index (κ2) is 5.49. The molecule has 0 atom stereocenters. The third kappa shape index (κ3) is 3.08. The van der Waals surface area contributed by atoms with Gasteiger partial charge in [-0.25, -0.2) is 4.98 Å². The van der Waals surface area contributed by atoms with E-state index in [1.54, 1.807) is 11.3 Å². The molecule has 19 heavy (non-hydrogen) atoms. The topological polar surface area (TPSA) is 24.9 Å². The van der Waals surface area contributed by atoms with E-state index >= 15 is 0 Å². The van der Waals surface area contributed by atoms with E-state index in [4.69, 9.17) is 11.6 Å². The number of anilines is 1. The van der Waals surface area contributed by atoms with Crippen LogP contribution in [0.1, 0.15) is 5.56 Å². The molecule has 1 heterocycles. The lowest BCUT2D eigenvalue weighted by atomic mass is 10.2. The normalized spacial score (nSPS) is 10.8. The van der Waals surface area contributed by atoms with Crippen LogP contribution in [0.15, 0.2) is 46.9 Å². The van der Waals surface area contributed by atoms with Crippen molar-refractivity contribution in [3.05, 3.63) is 57.5 Å². The minimum Gasteiger partial charge on any atom is -0.357 e. The summed E-state index contributed by atoms with van der Waals surface area (Å²) in [5, 5.41) is 5.01. The van der Waals surface area contributed by atoms with Crippen LogP contribution in [-0.2, 0) is 6.54 Å². The van der Waals surface area contributed by atoms with E-state index in [1.165, 1.54) is 4.70 Å². The molecule has 0 bridgehead atoms. The van der Waals surface area contributed by atoms with Crippen LogP contribution in [0, 0.1) is 0 Å². The number of nitrogens with one attached hydrogen (secondary N) is 1. The van der Waals surface area contributed by atoms with Gasteiger partial charge in [-0.3, -0.25) is 0 Å². The summed E-state index contributed by atoms with van der Waals surface area (Å²) in [6.07, 6.45) is 0. The molecule has 0 spiro atoms. The number of nitrogens with zero attached hydrogens (tertiary/aromatic N) is 1. The maximum Gasteiger partial charge on any atom is 0.184 e. The third-order valence-corrected chi connectivity index (χ3v) is 4.39. The summed E-state index contributed by atoms with van der Waals surface area (Å²) in [5.41, 5.74) is 2.16. The SMILES string of the molecule is Clc1cccc(CNc2nc3ccc(Br)cc3s2)c1. The first-order chi connectivity index (χ1) is 9.20.